The SMILES string of the molecule is Cn1ncc(-c2cccc(C3CCCC(C)(C)C3)c2)c1N. The molecular weight excluding hydrogens is 258 g/mol. The summed E-state index contributed by atoms with van der Waals surface area (Å²) in [5.41, 5.74) is 10.2. The maximum absolute atomic E-state index is 6.11. The standard InChI is InChI=1S/C18H25N3/c1-18(2)9-5-8-15(11-18)13-6-4-7-14(10-13)16-12-20-21(3)17(16)19/h4,6-7,10,12,15H,5,8-9,11,19H2,1-3H3. The lowest BCUT2D eigenvalue weighted by Gasteiger charge is -2.35. The summed E-state index contributed by atoms with van der Waals surface area (Å²) in [6.45, 7) is 4.78. The van der Waals surface area contributed by atoms with Gasteiger partial charge >= 0.3 is 0 Å². The molecule has 1 aliphatic rings. The van der Waals surface area contributed by atoms with E-state index in [0.29, 0.717) is 11.3 Å². The fourth-order valence-electron chi connectivity index (χ4n) is 3.61. The number of aryl methyl sites for hydroxylation is 1. The van der Waals surface area contributed by atoms with Crippen LogP contribution in [0.3, 0.4) is 0 Å². The highest BCUT2D eigenvalue weighted by molar-refractivity contribution is 5.73. The molecule has 1 aliphatic carbocycles. The Morgan fingerprint density at radius 2 is 2.14 bits per heavy atom. The predicted octanol–water partition coefficient (Wildman–Crippen LogP) is 4.35. The molecule has 3 heteroatoms. The lowest BCUT2D eigenvalue weighted by Crippen LogP contribution is -2.21. The van der Waals surface area contributed by atoms with Gasteiger partial charge in [0.05, 0.1) is 6.20 Å². The molecule has 0 spiro atoms. The van der Waals surface area contributed by atoms with Crippen molar-refractivity contribution >= 4 is 5.82 Å². The molecule has 1 aromatic heterocycles. The number of benzene rings is 1. The first-order valence-corrected chi connectivity index (χ1v) is 7.84. The maximum atomic E-state index is 6.11. The molecule has 0 bridgehead atoms. The molecule has 0 radical (unpaired) electrons. The summed E-state index contributed by atoms with van der Waals surface area (Å²) in [7, 11) is 1.88. The molecule has 1 aromatic carbocycles. The highest BCUT2D eigenvalue weighted by Gasteiger charge is 2.28. The van der Waals surface area contributed by atoms with Crippen molar-refractivity contribution in [3.63, 3.8) is 0 Å². The lowest BCUT2D eigenvalue weighted by molar-refractivity contribution is 0.219. The molecule has 112 valence electrons. The summed E-state index contributed by atoms with van der Waals surface area (Å²) in [6, 6.07) is 8.85. The highest BCUT2D eigenvalue weighted by atomic mass is 15.3. The number of aromatic nitrogens is 2. The van der Waals surface area contributed by atoms with E-state index in [9.17, 15) is 0 Å². The summed E-state index contributed by atoms with van der Waals surface area (Å²) in [4.78, 5) is 0. The van der Waals surface area contributed by atoms with E-state index in [2.05, 4.69) is 43.2 Å². The van der Waals surface area contributed by atoms with Gasteiger partial charge in [-0.25, -0.2) is 0 Å². The first kappa shape index (κ1) is 14.2. The van der Waals surface area contributed by atoms with Crippen LogP contribution in [0.5, 0.6) is 0 Å². The zero-order chi connectivity index (χ0) is 15.0. The van der Waals surface area contributed by atoms with Crippen molar-refractivity contribution < 1.29 is 0 Å². The Morgan fingerprint density at radius 3 is 2.81 bits per heavy atom. The van der Waals surface area contributed by atoms with Crippen LogP contribution in [-0.2, 0) is 7.05 Å². The summed E-state index contributed by atoms with van der Waals surface area (Å²) in [5, 5.41) is 4.25. The maximum Gasteiger partial charge on any atom is 0.129 e. The minimum absolute atomic E-state index is 0.465. The number of hydrogen-bond acceptors (Lipinski definition) is 2. The van der Waals surface area contributed by atoms with Gasteiger partial charge in [0.25, 0.3) is 0 Å². The van der Waals surface area contributed by atoms with Crippen LogP contribution in [0.1, 0.15) is 51.0 Å². The third-order valence-corrected chi connectivity index (χ3v) is 4.86. The Bertz CT molecular complexity index is 640. The quantitative estimate of drug-likeness (QED) is 0.890. The predicted molar refractivity (Wildman–Crippen MR) is 88.0 cm³/mol. The number of anilines is 1. The smallest absolute Gasteiger partial charge is 0.129 e. The second-order valence-corrected chi connectivity index (χ2v) is 7.15. The van der Waals surface area contributed by atoms with Crippen molar-refractivity contribution in [1.82, 2.24) is 9.78 Å². The molecule has 1 heterocycles. The van der Waals surface area contributed by atoms with Crippen LogP contribution >= 0.6 is 0 Å². The summed E-state index contributed by atoms with van der Waals surface area (Å²) < 4.78 is 1.73. The van der Waals surface area contributed by atoms with Crippen LogP contribution in [0.15, 0.2) is 30.5 Å². The lowest BCUT2D eigenvalue weighted by atomic mass is 9.70. The Kier molecular flexibility index (Phi) is 3.52. The summed E-state index contributed by atoms with van der Waals surface area (Å²) >= 11 is 0. The first-order chi connectivity index (χ1) is 9.96. The van der Waals surface area contributed by atoms with Crippen LogP contribution in [0, 0.1) is 5.41 Å². The average molecular weight is 283 g/mol. The molecule has 2 aromatic rings. The van der Waals surface area contributed by atoms with Crippen LogP contribution in [0.25, 0.3) is 11.1 Å². The number of rotatable bonds is 2. The van der Waals surface area contributed by atoms with E-state index in [0.717, 1.165) is 11.4 Å². The van der Waals surface area contributed by atoms with Gasteiger partial charge in [-0.3, -0.25) is 4.68 Å². The van der Waals surface area contributed by atoms with Gasteiger partial charge in [0.1, 0.15) is 5.82 Å². The molecule has 21 heavy (non-hydrogen) atoms. The second kappa shape index (κ2) is 5.21. The van der Waals surface area contributed by atoms with E-state index in [1.165, 1.54) is 36.8 Å². The van der Waals surface area contributed by atoms with E-state index in [4.69, 9.17) is 5.73 Å². The molecule has 1 unspecified atom stereocenters. The van der Waals surface area contributed by atoms with Gasteiger partial charge in [-0.1, -0.05) is 44.5 Å². The minimum Gasteiger partial charge on any atom is -0.383 e. The molecule has 1 saturated carbocycles. The molecule has 3 rings (SSSR count). The largest absolute Gasteiger partial charge is 0.383 e. The molecular formula is C18H25N3. The van der Waals surface area contributed by atoms with Gasteiger partial charge in [0.2, 0.25) is 0 Å². The van der Waals surface area contributed by atoms with E-state index in [1.54, 1.807) is 4.68 Å². The second-order valence-electron chi connectivity index (χ2n) is 7.15. The van der Waals surface area contributed by atoms with Gasteiger partial charge in [-0.15, -0.1) is 0 Å². The van der Waals surface area contributed by atoms with Crippen LogP contribution in [0.2, 0.25) is 0 Å². The summed E-state index contributed by atoms with van der Waals surface area (Å²) in [5.74, 6) is 1.41. The zero-order valence-electron chi connectivity index (χ0n) is 13.3. The Hall–Kier alpha value is -1.77. The average Bonchev–Trinajstić information content (AvgIpc) is 2.78. The van der Waals surface area contributed by atoms with Crippen molar-refractivity contribution in [3.8, 4) is 11.1 Å². The number of nitrogens with two attached hydrogens (primary N) is 1. The van der Waals surface area contributed by atoms with Gasteiger partial charge in [-0.2, -0.15) is 5.10 Å². The van der Waals surface area contributed by atoms with E-state index in [1.807, 2.05) is 13.2 Å². The van der Waals surface area contributed by atoms with Crippen LogP contribution < -0.4 is 5.73 Å². The fraction of sp³-hybridized carbons (Fsp3) is 0.500. The highest BCUT2D eigenvalue weighted by Crippen LogP contribution is 2.44. The van der Waals surface area contributed by atoms with E-state index < -0.39 is 0 Å². The third kappa shape index (κ3) is 2.82. The number of nitrogen functional groups attached to an aromatic ring is 1. The van der Waals surface area contributed by atoms with Gasteiger partial charge in [-0.05, 0) is 41.7 Å². The topological polar surface area (TPSA) is 43.8 Å². The Morgan fingerprint density at radius 1 is 1.33 bits per heavy atom. The Balaban J connectivity index is 1.92. The fourth-order valence-corrected chi connectivity index (χ4v) is 3.61. The van der Waals surface area contributed by atoms with Crippen molar-refractivity contribution in [2.75, 3.05) is 5.73 Å². The van der Waals surface area contributed by atoms with E-state index >= 15 is 0 Å². The van der Waals surface area contributed by atoms with Crippen molar-refractivity contribution in [3.05, 3.63) is 36.0 Å². The van der Waals surface area contributed by atoms with Crippen LogP contribution in [0.4, 0.5) is 5.82 Å². The minimum atomic E-state index is 0.465. The monoisotopic (exact) mass is 283 g/mol. The van der Waals surface area contributed by atoms with Gasteiger partial charge in [0, 0.05) is 12.6 Å². The first-order valence-electron chi connectivity index (χ1n) is 7.84. The summed E-state index contributed by atoms with van der Waals surface area (Å²) in [6.07, 6.45) is 7.11. The van der Waals surface area contributed by atoms with Crippen LogP contribution in [-0.4, -0.2) is 9.78 Å². The number of nitrogens with zero attached hydrogens (tertiary/aromatic N) is 2. The molecule has 0 saturated heterocycles. The Labute approximate surface area is 127 Å². The molecule has 0 aliphatic heterocycles. The molecule has 0 amide bonds. The molecule has 1 atom stereocenters. The molecule has 3 nitrogen and oxygen atoms in total. The van der Waals surface area contributed by atoms with Crippen molar-refractivity contribution in [2.24, 2.45) is 12.5 Å². The van der Waals surface area contributed by atoms with E-state index in [-0.39, 0.29) is 0 Å². The number of hydrogen-bond donors (Lipinski definition) is 1. The third-order valence-electron chi connectivity index (χ3n) is 4.86. The normalized spacial score (nSPS) is 21.4. The molecule has 2 N–H and O–H groups in total. The van der Waals surface area contributed by atoms with Gasteiger partial charge < -0.3 is 5.73 Å². The zero-order valence-corrected chi connectivity index (χ0v) is 13.3. The van der Waals surface area contributed by atoms with Crippen molar-refractivity contribution in [1.29, 1.82) is 0 Å². The van der Waals surface area contributed by atoms with Crippen molar-refractivity contribution in [2.45, 2.75) is 45.4 Å². The molecule has 1 fully saturated rings. The van der Waals surface area contributed by atoms with Gasteiger partial charge in [0.15, 0.2) is 0 Å².